The van der Waals surface area contributed by atoms with Gasteiger partial charge in [-0.2, -0.15) is 10.1 Å². The number of ether oxygens (including phenoxy) is 1. The van der Waals surface area contributed by atoms with Crippen LogP contribution in [0, 0.1) is 5.92 Å². The molecule has 0 radical (unpaired) electrons. The standard InChI is InChI=1S/C19H29N7O2.CH2O2/c1-2-9-28-16-10-14(18(27)21-7-5-13-11-23-24-12-13)3-4-15(16)25-17-6-8-22-19(20)26-17;2-1-3/h6,8,11-12,14-16H,2-5,7,9-10H2,1H3,(H,21,27)(H,23,24)(H3,20,22,25,26);1H,(H,2,3)/t14-,15+,16+;/m0./s1. The molecule has 0 aromatic carbocycles. The molecule has 31 heavy (non-hydrogen) atoms. The largest absolute Gasteiger partial charge is 0.483 e. The Balaban J connectivity index is 0.00000107. The Kier molecular flexibility index (Phi) is 10.2. The van der Waals surface area contributed by atoms with Gasteiger partial charge in [0.05, 0.1) is 18.3 Å². The van der Waals surface area contributed by atoms with Crippen molar-refractivity contribution in [3.63, 3.8) is 0 Å². The van der Waals surface area contributed by atoms with Crippen molar-refractivity contribution in [2.24, 2.45) is 5.92 Å². The monoisotopic (exact) mass is 433 g/mol. The van der Waals surface area contributed by atoms with Crippen LogP contribution in [0.5, 0.6) is 0 Å². The highest BCUT2D eigenvalue weighted by Crippen LogP contribution is 2.29. The number of aromatic amines is 1. The Hall–Kier alpha value is -3.21. The summed E-state index contributed by atoms with van der Waals surface area (Å²) in [7, 11) is 0. The SMILES string of the molecule is CCCO[C@@H]1C[C@@H](C(=O)NCCc2cn[nH]c2)CC[C@H]1Nc1ccnc(N)n1.O=CO. The summed E-state index contributed by atoms with van der Waals surface area (Å²) in [5.41, 5.74) is 6.75. The molecule has 1 fully saturated rings. The highest BCUT2D eigenvalue weighted by Gasteiger charge is 2.34. The summed E-state index contributed by atoms with van der Waals surface area (Å²) in [6.07, 6.45) is 9.24. The Morgan fingerprint density at radius 3 is 2.94 bits per heavy atom. The van der Waals surface area contributed by atoms with Crippen LogP contribution >= 0.6 is 0 Å². The Morgan fingerprint density at radius 1 is 1.45 bits per heavy atom. The van der Waals surface area contributed by atoms with Crippen LogP contribution in [0.2, 0.25) is 0 Å². The lowest BCUT2D eigenvalue weighted by molar-refractivity contribution is -0.128. The first-order chi connectivity index (χ1) is 15.1. The van der Waals surface area contributed by atoms with Gasteiger partial charge in [0.25, 0.3) is 6.47 Å². The van der Waals surface area contributed by atoms with E-state index in [1.165, 1.54) is 0 Å². The molecule has 11 heteroatoms. The summed E-state index contributed by atoms with van der Waals surface area (Å²) in [6, 6.07) is 1.89. The second-order valence-corrected chi connectivity index (χ2v) is 7.22. The number of nitrogens with zero attached hydrogens (tertiary/aromatic N) is 3. The molecule has 1 aliphatic carbocycles. The summed E-state index contributed by atoms with van der Waals surface area (Å²) >= 11 is 0. The molecule has 1 aliphatic rings. The quantitative estimate of drug-likeness (QED) is 0.365. The lowest BCUT2D eigenvalue weighted by Crippen LogP contribution is -2.45. The summed E-state index contributed by atoms with van der Waals surface area (Å²) in [6.45, 7) is 3.11. The molecule has 2 aromatic rings. The molecule has 0 bridgehead atoms. The number of anilines is 2. The fraction of sp³-hybridized carbons (Fsp3) is 0.550. The zero-order valence-electron chi connectivity index (χ0n) is 17.7. The molecule has 11 nitrogen and oxygen atoms in total. The van der Waals surface area contributed by atoms with Gasteiger partial charge in [-0.1, -0.05) is 6.92 Å². The van der Waals surface area contributed by atoms with E-state index in [1.807, 2.05) is 6.20 Å². The number of hydrogen-bond donors (Lipinski definition) is 5. The average Bonchev–Trinajstić information content (AvgIpc) is 3.27. The lowest BCUT2D eigenvalue weighted by Gasteiger charge is -2.36. The maximum absolute atomic E-state index is 12.6. The fourth-order valence-corrected chi connectivity index (χ4v) is 3.52. The van der Waals surface area contributed by atoms with Gasteiger partial charge in [-0.25, -0.2) is 4.98 Å². The van der Waals surface area contributed by atoms with Gasteiger partial charge >= 0.3 is 0 Å². The van der Waals surface area contributed by atoms with Crippen LogP contribution in [0.25, 0.3) is 0 Å². The summed E-state index contributed by atoms with van der Waals surface area (Å²) in [4.78, 5) is 29.1. The van der Waals surface area contributed by atoms with Gasteiger partial charge in [-0.3, -0.25) is 14.7 Å². The number of nitrogen functional groups attached to an aromatic ring is 1. The van der Waals surface area contributed by atoms with Crippen molar-refractivity contribution in [2.75, 3.05) is 24.2 Å². The van der Waals surface area contributed by atoms with Crippen LogP contribution in [-0.4, -0.2) is 62.9 Å². The van der Waals surface area contributed by atoms with Crippen molar-refractivity contribution in [1.29, 1.82) is 0 Å². The van der Waals surface area contributed by atoms with Crippen LogP contribution in [0.4, 0.5) is 11.8 Å². The number of carbonyl (C=O) groups is 2. The van der Waals surface area contributed by atoms with Gasteiger partial charge in [0.2, 0.25) is 11.9 Å². The number of carboxylic acid groups (broad SMARTS) is 1. The molecule has 0 unspecified atom stereocenters. The molecule has 0 saturated heterocycles. The number of nitrogens with two attached hydrogens (primary N) is 1. The minimum Gasteiger partial charge on any atom is -0.483 e. The second kappa shape index (κ2) is 13.2. The molecular weight excluding hydrogens is 402 g/mol. The van der Waals surface area contributed by atoms with Crippen molar-refractivity contribution < 1.29 is 19.4 Å². The molecule has 2 aromatic heterocycles. The molecule has 1 amide bonds. The van der Waals surface area contributed by atoms with Crippen molar-refractivity contribution in [3.05, 3.63) is 30.2 Å². The molecular formula is C20H31N7O4. The van der Waals surface area contributed by atoms with Crippen LogP contribution in [0.3, 0.4) is 0 Å². The predicted molar refractivity (Wildman–Crippen MR) is 115 cm³/mol. The predicted octanol–water partition coefficient (Wildman–Crippen LogP) is 1.22. The van der Waals surface area contributed by atoms with Crippen molar-refractivity contribution in [2.45, 2.75) is 51.2 Å². The number of amides is 1. The molecule has 0 spiro atoms. The Morgan fingerprint density at radius 2 is 2.26 bits per heavy atom. The molecule has 6 N–H and O–H groups in total. The third-order valence-electron chi connectivity index (χ3n) is 4.97. The fourth-order valence-electron chi connectivity index (χ4n) is 3.52. The zero-order chi connectivity index (χ0) is 22.5. The number of rotatable bonds is 9. The van der Waals surface area contributed by atoms with E-state index in [0.717, 1.165) is 31.2 Å². The smallest absolute Gasteiger partial charge is 0.290 e. The maximum atomic E-state index is 12.6. The van der Waals surface area contributed by atoms with E-state index < -0.39 is 0 Å². The minimum atomic E-state index is -0.250. The molecule has 3 rings (SSSR count). The van der Waals surface area contributed by atoms with Gasteiger partial charge in [0, 0.05) is 31.5 Å². The lowest BCUT2D eigenvalue weighted by atomic mass is 9.83. The third-order valence-corrected chi connectivity index (χ3v) is 4.97. The highest BCUT2D eigenvalue weighted by molar-refractivity contribution is 5.78. The first-order valence-corrected chi connectivity index (χ1v) is 10.4. The molecule has 3 atom stereocenters. The Labute approximate surface area is 181 Å². The van der Waals surface area contributed by atoms with Crippen molar-refractivity contribution in [3.8, 4) is 0 Å². The van der Waals surface area contributed by atoms with E-state index in [2.05, 4.69) is 37.7 Å². The topological polar surface area (TPSA) is 168 Å². The van der Waals surface area contributed by atoms with Crippen LogP contribution in [0.1, 0.15) is 38.2 Å². The summed E-state index contributed by atoms with van der Waals surface area (Å²) in [5, 5.41) is 20.0. The normalized spacial score (nSPS) is 20.2. The second-order valence-electron chi connectivity index (χ2n) is 7.22. The number of H-pyrrole nitrogens is 1. The van der Waals surface area contributed by atoms with Crippen LogP contribution < -0.4 is 16.4 Å². The molecule has 170 valence electrons. The zero-order valence-corrected chi connectivity index (χ0v) is 17.7. The van der Waals surface area contributed by atoms with E-state index in [0.29, 0.717) is 25.4 Å². The molecule has 0 aliphatic heterocycles. The number of nitrogens with one attached hydrogen (secondary N) is 3. The van der Waals surface area contributed by atoms with Gasteiger partial charge in [-0.15, -0.1) is 0 Å². The van der Waals surface area contributed by atoms with Gasteiger partial charge in [0.15, 0.2) is 0 Å². The first-order valence-electron chi connectivity index (χ1n) is 10.4. The number of hydrogen-bond acceptors (Lipinski definition) is 8. The van der Waals surface area contributed by atoms with E-state index in [4.69, 9.17) is 20.4 Å². The van der Waals surface area contributed by atoms with E-state index in [9.17, 15) is 4.79 Å². The third kappa shape index (κ3) is 8.21. The molecule has 1 saturated carbocycles. The first kappa shape index (κ1) is 24.1. The van der Waals surface area contributed by atoms with Gasteiger partial charge in [-0.05, 0) is 43.7 Å². The average molecular weight is 434 g/mol. The van der Waals surface area contributed by atoms with Crippen molar-refractivity contribution >= 4 is 24.1 Å². The molecule has 2 heterocycles. The van der Waals surface area contributed by atoms with Crippen LogP contribution in [0.15, 0.2) is 24.7 Å². The van der Waals surface area contributed by atoms with Crippen LogP contribution in [-0.2, 0) is 20.7 Å². The van der Waals surface area contributed by atoms with Gasteiger partial charge in [0.1, 0.15) is 5.82 Å². The highest BCUT2D eigenvalue weighted by atomic mass is 16.5. The van der Waals surface area contributed by atoms with Gasteiger partial charge < -0.3 is 26.2 Å². The van der Waals surface area contributed by atoms with E-state index in [-0.39, 0.29) is 36.4 Å². The number of aromatic nitrogens is 4. The Bertz CT molecular complexity index is 788. The summed E-state index contributed by atoms with van der Waals surface area (Å²) < 4.78 is 6.06. The van der Waals surface area contributed by atoms with E-state index >= 15 is 0 Å². The number of carbonyl (C=O) groups excluding carboxylic acids is 1. The van der Waals surface area contributed by atoms with Crippen molar-refractivity contribution in [1.82, 2.24) is 25.5 Å². The summed E-state index contributed by atoms with van der Waals surface area (Å²) in [5.74, 6) is 0.977. The van der Waals surface area contributed by atoms with E-state index in [1.54, 1.807) is 18.5 Å². The maximum Gasteiger partial charge on any atom is 0.290 e. The minimum absolute atomic E-state index is 0.0419.